The molecule has 2 aromatic rings. The first-order chi connectivity index (χ1) is 10.2. The van der Waals surface area contributed by atoms with Gasteiger partial charge in [0.05, 0.1) is 18.8 Å². The lowest BCUT2D eigenvalue weighted by molar-refractivity contribution is 0.308. The van der Waals surface area contributed by atoms with Gasteiger partial charge in [0.25, 0.3) is 0 Å². The zero-order valence-corrected chi connectivity index (χ0v) is 12.8. The maximum absolute atomic E-state index is 4.98. The Labute approximate surface area is 124 Å². The molecule has 1 fully saturated rings. The van der Waals surface area contributed by atoms with Gasteiger partial charge in [0, 0.05) is 43.3 Å². The Balaban J connectivity index is 1.62. The highest BCUT2D eigenvalue weighted by molar-refractivity contribution is 5.10. The highest BCUT2D eigenvalue weighted by Gasteiger charge is 2.25. The number of hydrogen-bond donors (Lipinski definition) is 0. The number of rotatable bonds is 4. The largest absolute Gasteiger partial charge is 0.467 e. The van der Waals surface area contributed by atoms with E-state index in [-0.39, 0.29) is 0 Å². The lowest BCUT2D eigenvalue weighted by Crippen LogP contribution is -2.22. The molecular formula is C15H21N5O. The Morgan fingerprint density at radius 3 is 2.67 bits per heavy atom. The number of aryl methyl sites for hydroxylation is 2. The molecule has 112 valence electrons. The van der Waals surface area contributed by atoms with E-state index in [0.717, 1.165) is 37.3 Å². The number of ether oxygens (including phenoxy) is 1. The van der Waals surface area contributed by atoms with Gasteiger partial charge in [-0.25, -0.2) is 9.97 Å². The Morgan fingerprint density at radius 1 is 1.29 bits per heavy atom. The Morgan fingerprint density at radius 2 is 2.05 bits per heavy atom. The van der Waals surface area contributed by atoms with Gasteiger partial charge in [-0.2, -0.15) is 5.10 Å². The summed E-state index contributed by atoms with van der Waals surface area (Å²) in [5.74, 6) is 0. The summed E-state index contributed by atoms with van der Waals surface area (Å²) >= 11 is 0. The van der Waals surface area contributed by atoms with Gasteiger partial charge in [-0.3, -0.25) is 9.58 Å². The second-order valence-corrected chi connectivity index (χ2v) is 5.63. The van der Waals surface area contributed by atoms with E-state index in [1.54, 1.807) is 7.11 Å². The molecule has 1 aliphatic rings. The molecule has 3 heterocycles. The van der Waals surface area contributed by atoms with Gasteiger partial charge in [-0.1, -0.05) is 0 Å². The Kier molecular flexibility index (Phi) is 3.88. The number of nitrogens with zero attached hydrogens (tertiary/aromatic N) is 5. The van der Waals surface area contributed by atoms with E-state index in [9.17, 15) is 0 Å². The molecule has 1 aliphatic heterocycles. The van der Waals surface area contributed by atoms with Crippen LogP contribution in [0.1, 0.15) is 29.4 Å². The second-order valence-electron chi connectivity index (χ2n) is 5.63. The van der Waals surface area contributed by atoms with E-state index in [2.05, 4.69) is 37.6 Å². The standard InChI is InChI=1S/C15H21N5O/c1-11-6-12(2)20(18-11)14-4-5-19(10-14)9-13-7-16-15(21-3)17-8-13/h6-8,14H,4-5,9-10H2,1-3H3. The van der Waals surface area contributed by atoms with Crippen LogP contribution >= 0.6 is 0 Å². The van der Waals surface area contributed by atoms with Gasteiger partial charge in [-0.15, -0.1) is 0 Å². The fourth-order valence-electron chi connectivity index (χ4n) is 2.96. The lowest BCUT2D eigenvalue weighted by atomic mass is 10.2. The number of methoxy groups -OCH3 is 1. The minimum Gasteiger partial charge on any atom is -0.467 e. The summed E-state index contributed by atoms with van der Waals surface area (Å²) in [5, 5.41) is 4.61. The summed E-state index contributed by atoms with van der Waals surface area (Å²) in [7, 11) is 1.58. The molecular weight excluding hydrogens is 266 g/mol. The molecule has 6 nitrogen and oxygen atoms in total. The minimum atomic E-state index is 0.417. The third-order valence-corrected chi connectivity index (χ3v) is 3.91. The molecule has 3 rings (SSSR count). The first-order valence-electron chi connectivity index (χ1n) is 7.25. The minimum absolute atomic E-state index is 0.417. The van der Waals surface area contributed by atoms with Gasteiger partial charge in [0.1, 0.15) is 0 Å². The lowest BCUT2D eigenvalue weighted by Gasteiger charge is -2.16. The second kappa shape index (κ2) is 5.81. The highest BCUT2D eigenvalue weighted by Crippen LogP contribution is 2.24. The number of aromatic nitrogens is 4. The van der Waals surface area contributed by atoms with Crippen molar-refractivity contribution in [3.63, 3.8) is 0 Å². The van der Waals surface area contributed by atoms with Crippen molar-refractivity contribution < 1.29 is 4.74 Å². The third kappa shape index (κ3) is 3.05. The van der Waals surface area contributed by atoms with Crippen LogP contribution in [0.5, 0.6) is 6.01 Å². The summed E-state index contributed by atoms with van der Waals surface area (Å²) in [4.78, 5) is 10.7. The van der Waals surface area contributed by atoms with Crippen molar-refractivity contribution in [1.29, 1.82) is 0 Å². The molecule has 0 saturated carbocycles. The SMILES string of the molecule is COc1ncc(CN2CCC(n3nc(C)cc3C)C2)cn1. The van der Waals surface area contributed by atoms with Crippen LogP contribution in [0.15, 0.2) is 18.5 Å². The molecule has 0 aromatic carbocycles. The van der Waals surface area contributed by atoms with Crippen LogP contribution in [0.3, 0.4) is 0 Å². The molecule has 1 saturated heterocycles. The topological polar surface area (TPSA) is 56.1 Å². The van der Waals surface area contributed by atoms with Crippen LogP contribution in [0, 0.1) is 13.8 Å². The smallest absolute Gasteiger partial charge is 0.316 e. The maximum Gasteiger partial charge on any atom is 0.316 e. The molecule has 2 aromatic heterocycles. The van der Waals surface area contributed by atoms with Crippen LogP contribution in [0.4, 0.5) is 0 Å². The molecule has 6 heteroatoms. The van der Waals surface area contributed by atoms with Gasteiger partial charge in [0.15, 0.2) is 0 Å². The molecule has 1 unspecified atom stereocenters. The number of likely N-dealkylation sites (tertiary alicyclic amines) is 1. The molecule has 0 radical (unpaired) electrons. The van der Waals surface area contributed by atoms with Gasteiger partial charge in [-0.05, 0) is 26.3 Å². The van der Waals surface area contributed by atoms with Crippen LogP contribution in [0.25, 0.3) is 0 Å². The van der Waals surface area contributed by atoms with Crippen LogP contribution in [0.2, 0.25) is 0 Å². The van der Waals surface area contributed by atoms with E-state index in [0.29, 0.717) is 12.1 Å². The Bertz CT molecular complexity index is 607. The van der Waals surface area contributed by atoms with E-state index in [4.69, 9.17) is 4.74 Å². The molecule has 0 bridgehead atoms. The normalized spacial score (nSPS) is 19.1. The summed E-state index contributed by atoms with van der Waals surface area (Å²) in [5.41, 5.74) is 3.45. The van der Waals surface area contributed by atoms with Crippen LogP contribution in [-0.2, 0) is 6.54 Å². The average Bonchev–Trinajstić information content (AvgIpc) is 3.06. The zero-order chi connectivity index (χ0) is 14.8. The maximum atomic E-state index is 4.98. The molecule has 21 heavy (non-hydrogen) atoms. The van der Waals surface area contributed by atoms with Crippen molar-refractivity contribution in [2.45, 2.75) is 32.9 Å². The quantitative estimate of drug-likeness (QED) is 0.857. The number of hydrogen-bond acceptors (Lipinski definition) is 5. The summed E-state index contributed by atoms with van der Waals surface area (Å²) in [6.45, 7) is 7.15. The highest BCUT2D eigenvalue weighted by atomic mass is 16.5. The molecule has 0 amide bonds. The first kappa shape index (κ1) is 14.0. The summed E-state index contributed by atoms with van der Waals surface area (Å²) in [6.07, 6.45) is 4.81. The molecule has 0 spiro atoms. The van der Waals surface area contributed by atoms with E-state index in [1.807, 2.05) is 19.3 Å². The monoisotopic (exact) mass is 287 g/mol. The van der Waals surface area contributed by atoms with Crippen molar-refractivity contribution in [3.05, 3.63) is 35.4 Å². The molecule has 1 atom stereocenters. The third-order valence-electron chi connectivity index (χ3n) is 3.91. The Hall–Kier alpha value is -1.95. The zero-order valence-electron chi connectivity index (χ0n) is 12.8. The van der Waals surface area contributed by atoms with Gasteiger partial charge >= 0.3 is 6.01 Å². The van der Waals surface area contributed by atoms with Crippen molar-refractivity contribution in [3.8, 4) is 6.01 Å². The average molecular weight is 287 g/mol. The van der Waals surface area contributed by atoms with Gasteiger partial charge < -0.3 is 4.74 Å². The summed E-state index contributed by atoms with van der Waals surface area (Å²) in [6, 6.07) is 3.03. The van der Waals surface area contributed by atoms with E-state index < -0.39 is 0 Å². The van der Waals surface area contributed by atoms with Crippen molar-refractivity contribution >= 4 is 0 Å². The molecule has 0 aliphatic carbocycles. The van der Waals surface area contributed by atoms with Crippen molar-refractivity contribution in [2.24, 2.45) is 0 Å². The van der Waals surface area contributed by atoms with E-state index >= 15 is 0 Å². The van der Waals surface area contributed by atoms with E-state index in [1.165, 1.54) is 5.69 Å². The van der Waals surface area contributed by atoms with Crippen LogP contribution < -0.4 is 4.74 Å². The van der Waals surface area contributed by atoms with Crippen molar-refractivity contribution in [1.82, 2.24) is 24.6 Å². The fourth-order valence-corrected chi connectivity index (χ4v) is 2.96. The van der Waals surface area contributed by atoms with Crippen LogP contribution in [-0.4, -0.2) is 44.8 Å². The summed E-state index contributed by atoms with van der Waals surface area (Å²) < 4.78 is 7.15. The predicted molar refractivity (Wildman–Crippen MR) is 79.2 cm³/mol. The first-order valence-corrected chi connectivity index (χ1v) is 7.25. The predicted octanol–water partition coefficient (Wildman–Crippen LogP) is 1.75. The fraction of sp³-hybridized carbons (Fsp3) is 0.533. The molecule has 0 N–H and O–H groups in total. The van der Waals surface area contributed by atoms with Crippen molar-refractivity contribution in [2.75, 3.05) is 20.2 Å². The van der Waals surface area contributed by atoms with Gasteiger partial charge in [0.2, 0.25) is 0 Å².